The van der Waals surface area contributed by atoms with Crippen molar-refractivity contribution in [2.75, 3.05) is 24.5 Å². The lowest BCUT2D eigenvalue weighted by Gasteiger charge is -2.49. The number of carboxylic acids is 1. The molecule has 1 heterocycles. The standard InChI is InChI=1S/C24H31ClN4O4S.C2HF3O2/c1-16(2)21(27-22(30)17-6-5-7-20(14-17)34(26,32)33)23(31)28-12-13-29(24(3,4)15-28)19-10-8-18(25)9-11-19;3-2(4,5)1(6)7/h5-11,14,16,21H,12-13,15H2,1-4H3,(H,27,30)(H2,26,32,33);(H,6,7)/t21-;/m1./s1. The first-order valence-electron chi connectivity index (χ1n) is 12.3. The van der Waals surface area contributed by atoms with Crippen LogP contribution >= 0.6 is 11.6 Å². The zero-order valence-corrected chi connectivity index (χ0v) is 24.3. The van der Waals surface area contributed by atoms with Gasteiger partial charge in [0.15, 0.2) is 0 Å². The molecule has 15 heteroatoms. The summed E-state index contributed by atoms with van der Waals surface area (Å²) in [5.74, 6) is -3.63. The average Bonchev–Trinajstić information content (AvgIpc) is 2.86. The van der Waals surface area contributed by atoms with Crippen LogP contribution in [0.15, 0.2) is 53.4 Å². The molecule has 1 aliphatic heterocycles. The van der Waals surface area contributed by atoms with Crippen LogP contribution in [-0.2, 0) is 19.6 Å². The Morgan fingerprint density at radius 2 is 1.63 bits per heavy atom. The summed E-state index contributed by atoms with van der Waals surface area (Å²) in [6.45, 7) is 9.48. The summed E-state index contributed by atoms with van der Waals surface area (Å²) >= 11 is 6.03. The maximum absolute atomic E-state index is 13.5. The third kappa shape index (κ3) is 9.33. The molecule has 0 aromatic heterocycles. The van der Waals surface area contributed by atoms with Gasteiger partial charge >= 0.3 is 12.1 Å². The van der Waals surface area contributed by atoms with E-state index in [0.717, 1.165) is 5.69 Å². The maximum Gasteiger partial charge on any atom is 0.490 e. The third-order valence-corrected chi connectivity index (χ3v) is 7.40. The highest BCUT2D eigenvalue weighted by atomic mass is 35.5. The van der Waals surface area contributed by atoms with Crippen molar-refractivity contribution in [1.82, 2.24) is 10.2 Å². The van der Waals surface area contributed by atoms with Crippen molar-refractivity contribution in [1.29, 1.82) is 0 Å². The van der Waals surface area contributed by atoms with Crippen molar-refractivity contribution in [2.24, 2.45) is 11.1 Å². The SMILES string of the molecule is CC(C)[C@@H](NC(=O)c1cccc(S(N)(=O)=O)c1)C(=O)N1CCN(c2ccc(Cl)cc2)C(C)(C)C1.O=C(O)C(F)(F)F. The highest BCUT2D eigenvalue weighted by Gasteiger charge is 2.39. The molecule has 0 bridgehead atoms. The predicted octanol–water partition coefficient (Wildman–Crippen LogP) is 3.50. The highest BCUT2D eigenvalue weighted by molar-refractivity contribution is 7.89. The van der Waals surface area contributed by atoms with E-state index in [2.05, 4.69) is 24.1 Å². The van der Waals surface area contributed by atoms with Gasteiger partial charge in [-0.05, 0) is 62.2 Å². The lowest BCUT2D eigenvalue weighted by molar-refractivity contribution is -0.192. The molecule has 1 aliphatic rings. The fraction of sp³-hybridized carbons (Fsp3) is 0.423. The highest BCUT2D eigenvalue weighted by Crippen LogP contribution is 2.29. The average molecular weight is 621 g/mol. The molecule has 1 fully saturated rings. The number of nitrogens with zero attached hydrogens (tertiary/aromatic N) is 2. The Bertz CT molecular complexity index is 1370. The fourth-order valence-electron chi connectivity index (χ4n) is 4.19. The Labute approximate surface area is 241 Å². The van der Waals surface area contributed by atoms with Gasteiger partial charge in [0.2, 0.25) is 15.9 Å². The number of aliphatic carboxylic acids is 1. The number of hydrogen-bond acceptors (Lipinski definition) is 6. The van der Waals surface area contributed by atoms with E-state index in [-0.39, 0.29) is 27.8 Å². The number of primary sulfonamides is 1. The molecule has 1 saturated heterocycles. The smallest absolute Gasteiger partial charge is 0.475 e. The molecule has 0 spiro atoms. The molecule has 4 N–H and O–H groups in total. The molecule has 2 amide bonds. The second-order valence-electron chi connectivity index (χ2n) is 10.3. The van der Waals surface area contributed by atoms with Gasteiger partial charge in [0.05, 0.1) is 10.4 Å². The number of carboxylic acid groups (broad SMARTS) is 1. The van der Waals surface area contributed by atoms with Gasteiger partial charge in [0.25, 0.3) is 5.91 Å². The van der Waals surface area contributed by atoms with Gasteiger partial charge in [0, 0.05) is 35.9 Å². The normalized spacial score (nSPS) is 16.0. The molecule has 0 aliphatic carbocycles. The number of anilines is 1. The van der Waals surface area contributed by atoms with E-state index < -0.39 is 34.1 Å². The number of piperazine rings is 1. The van der Waals surface area contributed by atoms with Crippen LogP contribution in [0, 0.1) is 5.92 Å². The molecule has 226 valence electrons. The van der Waals surface area contributed by atoms with Gasteiger partial charge in [-0.2, -0.15) is 13.2 Å². The minimum absolute atomic E-state index is 0.123. The zero-order chi connectivity index (χ0) is 31.3. The molecule has 0 saturated carbocycles. The van der Waals surface area contributed by atoms with Crippen LogP contribution < -0.4 is 15.4 Å². The Morgan fingerprint density at radius 1 is 1.07 bits per heavy atom. The van der Waals surface area contributed by atoms with Crippen LogP contribution in [0.1, 0.15) is 38.1 Å². The first-order chi connectivity index (χ1) is 18.7. The zero-order valence-electron chi connectivity index (χ0n) is 22.8. The quantitative estimate of drug-likeness (QED) is 0.447. The topological polar surface area (TPSA) is 150 Å². The molecule has 0 unspecified atom stereocenters. The second kappa shape index (κ2) is 13.1. The van der Waals surface area contributed by atoms with E-state index in [1.54, 1.807) is 4.90 Å². The fourth-order valence-corrected chi connectivity index (χ4v) is 4.88. The number of benzene rings is 2. The van der Waals surface area contributed by atoms with Gasteiger partial charge in [-0.3, -0.25) is 9.59 Å². The summed E-state index contributed by atoms with van der Waals surface area (Å²) in [5.41, 5.74) is 0.819. The molecule has 41 heavy (non-hydrogen) atoms. The number of rotatable bonds is 6. The number of amides is 2. The minimum atomic E-state index is -5.08. The lowest BCUT2D eigenvalue weighted by Crippen LogP contribution is -2.63. The monoisotopic (exact) mass is 620 g/mol. The van der Waals surface area contributed by atoms with Crippen molar-refractivity contribution in [3.63, 3.8) is 0 Å². The van der Waals surface area contributed by atoms with Gasteiger partial charge < -0.3 is 20.2 Å². The number of hydrogen-bond donors (Lipinski definition) is 3. The minimum Gasteiger partial charge on any atom is -0.475 e. The largest absolute Gasteiger partial charge is 0.490 e. The van der Waals surface area contributed by atoms with Crippen molar-refractivity contribution >= 4 is 45.1 Å². The first kappa shape index (κ1) is 33.8. The molecular weight excluding hydrogens is 589 g/mol. The van der Waals surface area contributed by atoms with Crippen LogP contribution in [0.5, 0.6) is 0 Å². The molecule has 2 aromatic rings. The summed E-state index contributed by atoms with van der Waals surface area (Å²) in [5, 5.41) is 15.8. The predicted molar refractivity (Wildman–Crippen MR) is 147 cm³/mol. The van der Waals surface area contributed by atoms with Crippen molar-refractivity contribution in [3.05, 3.63) is 59.1 Å². The number of halogens is 4. The summed E-state index contributed by atoms with van der Waals surface area (Å²) in [4.78, 5) is 39.1. The van der Waals surface area contributed by atoms with E-state index in [9.17, 15) is 31.2 Å². The van der Waals surface area contributed by atoms with Crippen molar-refractivity contribution < 1.29 is 41.1 Å². The molecular formula is C26H32ClF3N4O6S. The Hall–Kier alpha value is -3.36. The van der Waals surface area contributed by atoms with Crippen molar-refractivity contribution in [2.45, 2.75) is 50.3 Å². The lowest BCUT2D eigenvalue weighted by atomic mass is 9.95. The van der Waals surface area contributed by atoms with E-state index in [0.29, 0.717) is 24.7 Å². The molecule has 10 nitrogen and oxygen atoms in total. The number of carbonyl (C=O) groups is 3. The van der Waals surface area contributed by atoms with E-state index in [4.69, 9.17) is 26.6 Å². The number of alkyl halides is 3. The van der Waals surface area contributed by atoms with Crippen LogP contribution in [-0.4, -0.2) is 73.6 Å². The first-order valence-corrected chi connectivity index (χ1v) is 14.2. The van der Waals surface area contributed by atoms with Crippen LogP contribution in [0.2, 0.25) is 5.02 Å². The Kier molecular flexibility index (Phi) is 10.8. The molecule has 3 rings (SSSR count). The second-order valence-corrected chi connectivity index (χ2v) is 12.3. The third-order valence-electron chi connectivity index (χ3n) is 6.24. The summed E-state index contributed by atoms with van der Waals surface area (Å²) < 4.78 is 55.0. The summed E-state index contributed by atoms with van der Waals surface area (Å²) in [6, 6.07) is 12.3. The molecule has 0 radical (unpaired) electrons. The van der Waals surface area contributed by atoms with Gasteiger partial charge in [-0.1, -0.05) is 31.5 Å². The van der Waals surface area contributed by atoms with Crippen LogP contribution in [0.4, 0.5) is 18.9 Å². The molecule has 1 atom stereocenters. The number of carbonyl (C=O) groups excluding carboxylic acids is 2. The Morgan fingerprint density at radius 3 is 2.10 bits per heavy atom. The summed E-state index contributed by atoms with van der Waals surface area (Å²) in [7, 11) is -3.95. The van der Waals surface area contributed by atoms with Gasteiger partial charge in [0.1, 0.15) is 6.04 Å². The van der Waals surface area contributed by atoms with Crippen LogP contribution in [0.3, 0.4) is 0 Å². The van der Waals surface area contributed by atoms with E-state index in [1.165, 1.54) is 24.3 Å². The van der Waals surface area contributed by atoms with Crippen LogP contribution in [0.25, 0.3) is 0 Å². The number of sulfonamides is 1. The number of nitrogens with two attached hydrogens (primary N) is 1. The Balaban J connectivity index is 0.000000745. The van der Waals surface area contributed by atoms with Gasteiger partial charge in [-0.25, -0.2) is 18.4 Å². The van der Waals surface area contributed by atoms with E-state index >= 15 is 0 Å². The molecule has 2 aromatic carbocycles. The maximum atomic E-state index is 13.5. The van der Waals surface area contributed by atoms with Crippen molar-refractivity contribution in [3.8, 4) is 0 Å². The van der Waals surface area contributed by atoms with E-state index in [1.807, 2.05) is 38.1 Å². The summed E-state index contributed by atoms with van der Waals surface area (Å²) in [6.07, 6.45) is -5.08. The van der Waals surface area contributed by atoms with Gasteiger partial charge in [-0.15, -0.1) is 0 Å². The number of nitrogens with one attached hydrogen (secondary N) is 1.